The number of nitrogens with two attached hydrogens (primary N) is 1. The van der Waals surface area contributed by atoms with Crippen LogP contribution < -0.4 is 10.6 Å². The number of nitrogens with zero attached hydrogens (tertiary/aromatic N) is 4. The number of primary amides is 1. The lowest BCUT2D eigenvalue weighted by Gasteiger charge is -2.33. The number of hydrogen-bond acceptors (Lipinski definition) is 6. The van der Waals surface area contributed by atoms with E-state index in [9.17, 15) is 9.59 Å². The number of rotatable bonds is 6. The predicted octanol–water partition coefficient (Wildman–Crippen LogP) is 2.58. The normalized spacial score (nSPS) is 19.2. The molecule has 8 heteroatoms. The van der Waals surface area contributed by atoms with Gasteiger partial charge in [0.05, 0.1) is 18.2 Å². The van der Waals surface area contributed by atoms with Gasteiger partial charge in [0, 0.05) is 57.0 Å². The van der Waals surface area contributed by atoms with E-state index >= 15 is 0 Å². The van der Waals surface area contributed by atoms with E-state index in [2.05, 4.69) is 4.98 Å². The van der Waals surface area contributed by atoms with Gasteiger partial charge in [0.25, 0.3) is 0 Å². The first-order valence-corrected chi connectivity index (χ1v) is 11.3. The molecule has 0 unspecified atom stereocenters. The van der Waals surface area contributed by atoms with Gasteiger partial charge in [0.2, 0.25) is 17.8 Å². The maximum atomic E-state index is 12.7. The summed E-state index contributed by atoms with van der Waals surface area (Å²) in [4.78, 5) is 37.6. The maximum Gasteiger partial charge on any atom is 0.248 e. The average molecular weight is 438 g/mol. The van der Waals surface area contributed by atoms with E-state index in [1.54, 1.807) is 12.1 Å². The van der Waals surface area contributed by atoms with Crippen LogP contribution in [-0.2, 0) is 9.53 Å². The Morgan fingerprint density at radius 3 is 2.66 bits per heavy atom. The van der Waals surface area contributed by atoms with Crippen molar-refractivity contribution in [2.75, 3.05) is 38.7 Å². The summed E-state index contributed by atoms with van der Waals surface area (Å²) in [6, 6.07) is 7.27. The third-order valence-electron chi connectivity index (χ3n) is 6.32. The molecule has 1 aromatic heterocycles. The fourth-order valence-corrected chi connectivity index (χ4v) is 4.51. The number of benzene rings is 1. The Labute approximate surface area is 188 Å². The zero-order valence-corrected chi connectivity index (χ0v) is 18.8. The fraction of sp³-hybridized carbons (Fsp3) is 0.500. The summed E-state index contributed by atoms with van der Waals surface area (Å²) in [6.45, 7) is 2.18. The molecule has 2 N–H and O–H groups in total. The van der Waals surface area contributed by atoms with E-state index in [1.165, 1.54) is 0 Å². The highest BCUT2D eigenvalue weighted by Crippen LogP contribution is 2.35. The van der Waals surface area contributed by atoms with Gasteiger partial charge in [0.1, 0.15) is 0 Å². The minimum atomic E-state index is -0.461. The molecule has 1 atom stereocenters. The van der Waals surface area contributed by atoms with Crippen molar-refractivity contribution in [1.82, 2.24) is 14.9 Å². The first-order chi connectivity index (χ1) is 15.4. The summed E-state index contributed by atoms with van der Waals surface area (Å²) in [5.41, 5.74) is 8.68. The van der Waals surface area contributed by atoms with Crippen LogP contribution in [0.15, 0.2) is 30.5 Å². The summed E-state index contributed by atoms with van der Waals surface area (Å²) in [6.07, 6.45) is 6.08. The van der Waals surface area contributed by atoms with Crippen LogP contribution in [0.2, 0.25) is 0 Å². The molecular formula is C24H31N5O3. The van der Waals surface area contributed by atoms with Gasteiger partial charge in [-0.15, -0.1) is 0 Å². The van der Waals surface area contributed by atoms with E-state index in [4.69, 9.17) is 15.5 Å². The van der Waals surface area contributed by atoms with Crippen LogP contribution >= 0.6 is 0 Å². The third kappa shape index (κ3) is 4.91. The summed E-state index contributed by atoms with van der Waals surface area (Å²) in [5.74, 6) is 0.570. The molecule has 2 amide bonds. The van der Waals surface area contributed by atoms with Crippen LogP contribution in [0.4, 0.5) is 5.95 Å². The summed E-state index contributed by atoms with van der Waals surface area (Å²) in [7, 11) is 3.83. The van der Waals surface area contributed by atoms with Crippen molar-refractivity contribution in [3.05, 3.63) is 41.7 Å². The van der Waals surface area contributed by atoms with Crippen LogP contribution in [0.1, 0.15) is 54.1 Å². The molecule has 0 spiro atoms. The van der Waals surface area contributed by atoms with Crippen molar-refractivity contribution >= 4 is 17.8 Å². The zero-order valence-electron chi connectivity index (χ0n) is 18.8. The fourth-order valence-electron chi connectivity index (χ4n) is 4.51. The van der Waals surface area contributed by atoms with Gasteiger partial charge in [-0.3, -0.25) is 9.59 Å². The van der Waals surface area contributed by atoms with Crippen molar-refractivity contribution < 1.29 is 14.3 Å². The van der Waals surface area contributed by atoms with Crippen molar-refractivity contribution in [2.45, 2.75) is 44.1 Å². The molecular weight excluding hydrogens is 406 g/mol. The highest BCUT2D eigenvalue weighted by Gasteiger charge is 2.29. The molecule has 2 aliphatic rings. The van der Waals surface area contributed by atoms with Gasteiger partial charge >= 0.3 is 0 Å². The molecule has 8 nitrogen and oxygen atoms in total. The zero-order chi connectivity index (χ0) is 22.7. The summed E-state index contributed by atoms with van der Waals surface area (Å²) < 4.78 is 5.63. The number of likely N-dealkylation sites (tertiary alicyclic amines) is 1. The Morgan fingerprint density at radius 1 is 1.22 bits per heavy atom. The van der Waals surface area contributed by atoms with E-state index < -0.39 is 5.91 Å². The van der Waals surface area contributed by atoms with Gasteiger partial charge in [-0.2, -0.15) is 0 Å². The SMILES string of the molecule is CN(C)c1ncc(-c2cccc(C(N)=O)c2)c(C2CCN(C(=O)C[C@H]3CCCO3)CC2)n1. The number of piperidine rings is 1. The number of aromatic nitrogens is 2. The highest BCUT2D eigenvalue weighted by molar-refractivity contribution is 5.94. The van der Waals surface area contributed by atoms with Crippen molar-refractivity contribution in [2.24, 2.45) is 5.73 Å². The molecule has 170 valence electrons. The first-order valence-electron chi connectivity index (χ1n) is 11.3. The standard InChI is InChI=1S/C24H31N5O3/c1-28(2)24-26-15-20(17-5-3-6-18(13-17)23(25)31)22(27-24)16-8-10-29(11-9-16)21(30)14-19-7-4-12-32-19/h3,5-6,13,15-16,19H,4,7-12,14H2,1-2H3,(H2,25,31)/t19-/m1/s1. The first kappa shape index (κ1) is 22.2. The minimum Gasteiger partial charge on any atom is -0.378 e. The lowest BCUT2D eigenvalue weighted by molar-refractivity contribution is -0.134. The number of amides is 2. The van der Waals surface area contributed by atoms with Gasteiger partial charge in [-0.25, -0.2) is 9.97 Å². The van der Waals surface area contributed by atoms with Gasteiger partial charge in [-0.05, 0) is 43.4 Å². The van der Waals surface area contributed by atoms with Gasteiger partial charge in [-0.1, -0.05) is 12.1 Å². The molecule has 4 rings (SSSR count). The number of ether oxygens (including phenoxy) is 1. The number of hydrogen-bond donors (Lipinski definition) is 1. The van der Waals surface area contributed by atoms with Crippen LogP contribution in [0.5, 0.6) is 0 Å². The molecule has 0 saturated carbocycles. The molecule has 2 fully saturated rings. The smallest absolute Gasteiger partial charge is 0.248 e. The monoisotopic (exact) mass is 437 g/mol. The molecule has 1 aromatic carbocycles. The number of anilines is 1. The second-order valence-electron chi connectivity index (χ2n) is 8.80. The highest BCUT2D eigenvalue weighted by atomic mass is 16.5. The Morgan fingerprint density at radius 2 is 2.00 bits per heavy atom. The van der Waals surface area contributed by atoms with Crippen LogP contribution in [-0.4, -0.2) is 66.6 Å². The Bertz CT molecular complexity index is 979. The quantitative estimate of drug-likeness (QED) is 0.745. The molecule has 32 heavy (non-hydrogen) atoms. The molecule has 0 radical (unpaired) electrons. The summed E-state index contributed by atoms with van der Waals surface area (Å²) >= 11 is 0. The largest absolute Gasteiger partial charge is 0.378 e. The molecule has 0 aliphatic carbocycles. The molecule has 0 bridgehead atoms. The average Bonchev–Trinajstić information content (AvgIpc) is 3.32. The second-order valence-corrected chi connectivity index (χ2v) is 8.80. The maximum absolute atomic E-state index is 12.7. The predicted molar refractivity (Wildman–Crippen MR) is 122 cm³/mol. The van der Waals surface area contributed by atoms with Crippen molar-refractivity contribution in [1.29, 1.82) is 0 Å². The number of carbonyl (C=O) groups excluding carboxylic acids is 2. The van der Waals surface area contributed by atoms with Crippen molar-refractivity contribution in [3.63, 3.8) is 0 Å². The molecule has 3 heterocycles. The van der Waals surface area contributed by atoms with Crippen molar-refractivity contribution in [3.8, 4) is 11.1 Å². The summed E-state index contributed by atoms with van der Waals surface area (Å²) in [5, 5.41) is 0. The topological polar surface area (TPSA) is 102 Å². The lowest BCUT2D eigenvalue weighted by atomic mass is 9.88. The van der Waals surface area contributed by atoms with E-state index in [1.807, 2.05) is 42.2 Å². The van der Waals surface area contributed by atoms with E-state index in [0.717, 1.165) is 49.1 Å². The second kappa shape index (κ2) is 9.65. The van der Waals surface area contributed by atoms with Crippen LogP contribution in [0, 0.1) is 0 Å². The van der Waals surface area contributed by atoms with E-state index in [-0.39, 0.29) is 17.9 Å². The molecule has 2 saturated heterocycles. The Kier molecular flexibility index (Phi) is 6.69. The number of carbonyl (C=O) groups is 2. The third-order valence-corrected chi connectivity index (χ3v) is 6.32. The van der Waals surface area contributed by atoms with E-state index in [0.29, 0.717) is 31.0 Å². The van der Waals surface area contributed by atoms with Gasteiger partial charge in [0.15, 0.2) is 0 Å². The lowest BCUT2D eigenvalue weighted by Crippen LogP contribution is -2.39. The minimum absolute atomic E-state index is 0.0777. The Hall–Kier alpha value is -3.00. The molecule has 2 aliphatic heterocycles. The van der Waals surface area contributed by atoms with Crippen LogP contribution in [0.25, 0.3) is 11.1 Å². The van der Waals surface area contributed by atoms with Gasteiger partial charge < -0.3 is 20.3 Å². The Balaban J connectivity index is 1.54. The van der Waals surface area contributed by atoms with Crippen LogP contribution in [0.3, 0.4) is 0 Å². The molecule has 2 aromatic rings.